The zero-order valence-corrected chi connectivity index (χ0v) is 11.2. The number of ether oxygens (including phenoxy) is 1. The molecule has 1 rings (SSSR count). The number of carbonyl (C=O) groups is 1. The topological polar surface area (TPSA) is 38.3 Å². The molecular weight excluding hydrogens is 238 g/mol. The Morgan fingerprint density at radius 3 is 2.47 bits per heavy atom. The Balaban J connectivity index is 2.43. The molecule has 0 heterocycles. The first-order valence-electron chi connectivity index (χ1n) is 5.52. The summed E-state index contributed by atoms with van der Waals surface area (Å²) in [4.78, 5) is 10.7. The fraction of sp³-hybridized carbons (Fsp3) is 0.462. The van der Waals surface area contributed by atoms with Crippen LogP contribution in [0.2, 0.25) is 5.02 Å². The van der Waals surface area contributed by atoms with Crippen LogP contribution in [0.25, 0.3) is 0 Å². The van der Waals surface area contributed by atoms with E-state index in [-0.39, 0.29) is 11.5 Å². The fourth-order valence-electron chi connectivity index (χ4n) is 1.28. The third kappa shape index (κ3) is 5.71. The first-order chi connectivity index (χ1) is 7.89. The number of esters is 1. The van der Waals surface area contributed by atoms with E-state index in [1.54, 1.807) is 0 Å². The molecule has 4 heteroatoms. The van der Waals surface area contributed by atoms with Gasteiger partial charge in [0.2, 0.25) is 0 Å². The van der Waals surface area contributed by atoms with Crippen molar-refractivity contribution < 1.29 is 9.53 Å². The van der Waals surface area contributed by atoms with Crippen molar-refractivity contribution in [2.75, 3.05) is 6.61 Å². The van der Waals surface area contributed by atoms with Crippen LogP contribution in [0.3, 0.4) is 0 Å². The molecule has 1 aromatic rings. The highest BCUT2D eigenvalue weighted by Crippen LogP contribution is 2.11. The second-order valence-electron chi connectivity index (χ2n) is 4.64. The van der Waals surface area contributed by atoms with E-state index < -0.39 is 0 Å². The lowest BCUT2D eigenvalue weighted by Crippen LogP contribution is -2.43. The maximum atomic E-state index is 10.7. The van der Waals surface area contributed by atoms with Gasteiger partial charge in [0, 0.05) is 24.0 Å². The third-order valence-electron chi connectivity index (χ3n) is 2.32. The van der Waals surface area contributed by atoms with Crippen LogP contribution in [0.5, 0.6) is 0 Å². The van der Waals surface area contributed by atoms with Crippen LogP contribution in [0, 0.1) is 0 Å². The monoisotopic (exact) mass is 255 g/mol. The Morgan fingerprint density at radius 2 is 1.94 bits per heavy atom. The van der Waals surface area contributed by atoms with Crippen molar-refractivity contribution in [1.29, 1.82) is 0 Å². The molecule has 0 spiro atoms. The highest BCUT2D eigenvalue weighted by Gasteiger charge is 2.18. The molecule has 94 valence electrons. The SMILES string of the molecule is CC(=O)OCC(C)(C)NCc1ccc(Cl)cc1. The molecule has 0 radical (unpaired) electrons. The standard InChI is InChI=1S/C13H18ClNO2/c1-10(16)17-9-13(2,3)15-8-11-4-6-12(14)7-5-11/h4-7,15H,8-9H2,1-3H3. The summed E-state index contributed by atoms with van der Waals surface area (Å²) in [7, 11) is 0. The molecule has 1 aromatic carbocycles. The first kappa shape index (κ1) is 14.0. The molecule has 17 heavy (non-hydrogen) atoms. The van der Waals surface area contributed by atoms with E-state index in [1.165, 1.54) is 6.92 Å². The lowest BCUT2D eigenvalue weighted by Gasteiger charge is -2.25. The van der Waals surface area contributed by atoms with Crippen LogP contribution < -0.4 is 5.32 Å². The van der Waals surface area contributed by atoms with Gasteiger partial charge in [-0.2, -0.15) is 0 Å². The smallest absolute Gasteiger partial charge is 0.302 e. The highest BCUT2D eigenvalue weighted by molar-refractivity contribution is 6.30. The van der Waals surface area contributed by atoms with E-state index in [9.17, 15) is 4.79 Å². The molecule has 0 fully saturated rings. The molecule has 0 aliphatic rings. The number of hydrogen-bond acceptors (Lipinski definition) is 3. The molecule has 3 nitrogen and oxygen atoms in total. The minimum atomic E-state index is -0.258. The number of benzene rings is 1. The largest absolute Gasteiger partial charge is 0.464 e. The summed E-state index contributed by atoms with van der Waals surface area (Å²) in [5.74, 6) is -0.258. The van der Waals surface area contributed by atoms with Gasteiger partial charge in [-0.05, 0) is 31.5 Å². The van der Waals surface area contributed by atoms with Gasteiger partial charge in [-0.3, -0.25) is 4.79 Å². The van der Waals surface area contributed by atoms with Gasteiger partial charge in [-0.1, -0.05) is 23.7 Å². The minimum Gasteiger partial charge on any atom is -0.464 e. The Labute approximate surface area is 107 Å². The lowest BCUT2D eigenvalue weighted by molar-refractivity contribution is -0.142. The van der Waals surface area contributed by atoms with Gasteiger partial charge in [0.1, 0.15) is 6.61 Å². The van der Waals surface area contributed by atoms with Crippen molar-refractivity contribution in [3.63, 3.8) is 0 Å². The molecule has 0 saturated heterocycles. The van der Waals surface area contributed by atoms with Crippen LogP contribution in [0.1, 0.15) is 26.3 Å². The van der Waals surface area contributed by atoms with E-state index in [2.05, 4.69) is 5.32 Å². The normalized spacial score (nSPS) is 11.3. The maximum absolute atomic E-state index is 10.7. The number of halogens is 1. The minimum absolute atomic E-state index is 0.245. The number of nitrogens with one attached hydrogen (secondary N) is 1. The summed E-state index contributed by atoms with van der Waals surface area (Å²) >= 11 is 5.81. The zero-order chi connectivity index (χ0) is 12.9. The number of rotatable bonds is 5. The van der Waals surface area contributed by atoms with Crippen molar-refractivity contribution in [3.05, 3.63) is 34.9 Å². The molecule has 0 unspecified atom stereocenters. The lowest BCUT2D eigenvalue weighted by atomic mass is 10.1. The second kappa shape index (κ2) is 6.03. The van der Waals surface area contributed by atoms with Crippen LogP contribution in [0.15, 0.2) is 24.3 Å². The second-order valence-corrected chi connectivity index (χ2v) is 5.08. The molecular formula is C13H18ClNO2. The summed E-state index contributed by atoms with van der Waals surface area (Å²) in [5, 5.41) is 4.06. The summed E-state index contributed by atoms with van der Waals surface area (Å²) in [5.41, 5.74) is 0.899. The van der Waals surface area contributed by atoms with Crippen molar-refractivity contribution >= 4 is 17.6 Å². The van der Waals surface area contributed by atoms with Crippen molar-refractivity contribution in [1.82, 2.24) is 5.32 Å². The third-order valence-corrected chi connectivity index (χ3v) is 2.57. The molecule has 0 amide bonds. The van der Waals surface area contributed by atoms with Crippen LogP contribution in [-0.2, 0) is 16.1 Å². The van der Waals surface area contributed by atoms with Crippen molar-refractivity contribution in [2.24, 2.45) is 0 Å². The Hall–Kier alpha value is -1.06. The summed E-state index contributed by atoms with van der Waals surface area (Å²) in [6, 6.07) is 7.66. The van der Waals surface area contributed by atoms with Gasteiger partial charge in [0.25, 0.3) is 0 Å². The number of hydrogen-bond donors (Lipinski definition) is 1. The molecule has 0 aliphatic heterocycles. The van der Waals surface area contributed by atoms with E-state index in [0.29, 0.717) is 13.2 Å². The molecule has 0 aliphatic carbocycles. The quantitative estimate of drug-likeness (QED) is 0.823. The first-order valence-corrected chi connectivity index (χ1v) is 5.90. The van der Waals surface area contributed by atoms with E-state index >= 15 is 0 Å². The van der Waals surface area contributed by atoms with Crippen molar-refractivity contribution in [3.8, 4) is 0 Å². The Bertz CT molecular complexity index is 374. The molecule has 0 bridgehead atoms. The Morgan fingerprint density at radius 1 is 1.35 bits per heavy atom. The van der Waals surface area contributed by atoms with Crippen LogP contribution in [-0.4, -0.2) is 18.1 Å². The summed E-state index contributed by atoms with van der Waals surface area (Å²) < 4.78 is 4.99. The van der Waals surface area contributed by atoms with E-state index in [1.807, 2.05) is 38.1 Å². The summed E-state index contributed by atoms with van der Waals surface area (Å²) in [6.07, 6.45) is 0. The van der Waals surface area contributed by atoms with Gasteiger partial charge in [-0.25, -0.2) is 0 Å². The van der Waals surface area contributed by atoms with Gasteiger partial charge < -0.3 is 10.1 Å². The highest BCUT2D eigenvalue weighted by atomic mass is 35.5. The van der Waals surface area contributed by atoms with Crippen LogP contribution in [0.4, 0.5) is 0 Å². The van der Waals surface area contributed by atoms with Crippen LogP contribution >= 0.6 is 11.6 Å². The predicted octanol–water partition coefficient (Wildman–Crippen LogP) is 2.77. The Kier molecular flexibility index (Phi) is 4.97. The van der Waals surface area contributed by atoms with Gasteiger partial charge in [0.15, 0.2) is 0 Å². The molecule has 0 saturated carbocycles. The average molecular weight is 256 g/mol. The average Bonchev–Trinajstić information content (AvgIpc) is 2.26. The molecule has 0 aromatic heterocycles. The van der Waals surface area contributed by atoms with E-state index in [0.717, 1.165) is 10.6 Å². The zero-order valence-electron chi connectivity index (χ0n) is 10.4. The van der Waals surface area contributed by atoms with E-state index in [4.69, 9.17) is 16.3 Å². The van der Waals surface area contributed by atoms with Crippen molar-refractivity contribution in [2.45, 2.75) is 32.9 Å². The molecule has 0 atom stereocenters. The predicted molar refractivity (Wildman–Crippen MR) is 69.0 cm³/mol. The summed E-state index contributed by atoms with van der Waals surface area (Å²) in [6.45, 7) is 6.47. The van der Waals surface area contributed by atoms with Gasteiger partial charge in [-0.15, -0.1) is 0 Å². The maximum Gasteiger partial charge on any atom is 0.302 e. The van der Waals surface area contributed by atoms with Gasteiger partial charge >= 0.3 is 5.97 Å². The number of carbonyl (C=O) groups excluding carboxylic acids is 1. The van der Waals surface area contributed by atoms with Gasteiger partial charge in [0.05, 0.1) is 0 Å². The fourth-order valence-corrected chi connectivity index (χ4v) is 1.40. The molecule has 1 N–H and O–H groups in total.